The summed E-state index contributed by atoms with van der Waals surface area (Å²) in [6.45, 7) is 3.33. The van der Waals surface area contributed by atoms with E-state index in [9.17, 15) is 4.79 Å². The fourth-order valence-corrected chi connectivity index (χ4v) is 2.37. The maximum Gasteiger partial charge on any atom is 0.220 e. The van der Waals surface area contributed by atoms with Gasteiger partial charge in [-0.1, -0.05) is 18.2 Å². The summed E-state index contributed by atoms with van der Waals surface area (Å²) >= 11 is 0. The van der Waals surface area contributed by atoms with E-state index in [1.54, 1.807) is 0 Å². The minimum absolute atomic E-state index is 0.0121. The van der Waals surface area contributed by atoms with E-state index in [1.807, 2.05) is 12.1 Å². The lowest BCUT2D eigenvalue weighted by molar-refractivity contribution is -0.121. The van der Waals surface area contributed by atoms with Crippen LogP contribution < -0.4 is 5.32 Å². The molecule has 4 heteroatoms. The smallest absolute Gasteiger partial charge is 0.220 e. The SMILES string of the molecule is CCn1c(CCC(=O)NCCO)cc2ccccc21. The number of nitrogens with one attached hydrogen (secondary N) is 1. The van der Waals surface area contributed by atoms with Crippen molar-refractivity contribution in [3.63, 3.8) is 0 Å². The first-order chi connectivity index (χ1) is 9.26. The molecule has 2 aromatic rings. The Kier molecular flexibility index (Phi) is 4.58. The number of aryl methyl sites for hydroxylation is 2. The van der Waals surface area contributed by atoms with Crippen molar-refractivity contribution in [1.29, 1.82) is 0 Å². The van der Waals surface area contributed by atoms with Crippen molar-refractivity contribution < 1.29 is 9.90 Å². The first-order valence-corrected chi connectivity index (χ1v) is 6.71. The third kappa shape index (κ3) is 3.15. The normalized spacial score (nSPS) is 10.8. The zero-order valence-electron chi connectivity index (χ0n) is 11.2. The molecule has 1 amide bonds. The first-order valence-electron chi connectivity index (χ1n) is 6.71. The van der Waals surface area contributed by atoms with Gasteiger partial charge in [0.15, 0.2) is 0 Å². The molecule has 102 valence electrons. The highest BCUT2D eigenvalue weighted by Crippen LogP contribution is 2.20. The minimum Gasteiger partial charge on any atom is -0.395 e. The average molecular weight is 260 g/mol. The quantitative estimate of drug-likeness (QED) is 0.830. The molecule has 0 fully saturated rings. The molecule has 0 aliphatic rings. The van der Waals surface area contributed by atoms with Gasteiger partial charge in [-0.25, -0.2) is 0 Å². The highest BCUT2D eigenvalue weighted by molar-refractivity contribution is 5.82. The number of para-hydroxylation sites is 1. The largest absolute Gasteiger partial charge is 0.395 e. The molecular formula is C15H20N2O2. The molecule has 0 saturated heterocycles. The molecular weight excluding hydrogens is 240 g/mol. The standard InChI is InChI=1S/C15H20N2O2/c1-2-17-13(7-8-15(19)16-9-10-18)11-12-5-3-4-6-14(12)17/h3-6,11,18H,2,7-10H2,1H3,(H,16,19). The predicted octanol–water partition coefficient (Wildman–Crippen LogP) is 1.70. The number of aromatic nitrogens is 1. The van der Waals surface area contributed by atoms with Crippen LogP contribution >= 0.6 is 0 Å². The van der Waals surface area contributed by atoms with E-state index in [-0.39, 0.29) is 12.5 Å². The van der Waals surface area contributed by atoms with Crippen molar-refractivity contribution in [3.05, 3.63) is 36.0 Å². The number of hydrogen-bond acceptors (Lipinski definition) is 2. The topological polar surface area (TPSA) is 54.3 Å². The van der Waals surface area contributed by atoms with Crippen molar-refractivity contribution >= 4 is 16.8 Å². The second-order valence-electron chi connectivity index (χ2n) is 4.51. The molecule has 0 bridgehead atoms. The van der Waals surface area contributed by atoms with Gasteiger partial charge in [0, 0.05) is 30.7 Å². The Bertz CT molecular complexity index is 560. The Morgan fingerprint density at radius 3 is 2.89 bits per heavy atom. The van der Waals surface area contributed by atoms with Crippen molar-refractivity contribution in [3.8, 4) is 0 Å². The van der Waals surface area contributed by atoms with Crippen molar-refractivity contribution in [2.45, 2.75) is 26.3 Å². The van der Waals surface area contributed by atoms with E-state index in [1.165, 1.54) is 16.6 Å². The molecule has 19 heavy (non-hydrogen) atoms. The summed E-state index contributed by atoms with van der Waals surface area (Å²) in [6, 6.07) is 10.4. The summed E-state index contributed by atoms with van der Waals surface area (Å²) in [5.41, 5.74) is 2.40. The number of aliphatic hydroxyl groups is 1. The molecule has 0 radical (unpaired) electrons. The highest BCUT2D eigenvalue weighted by Gasteiger charge is 2.08. The van der Waals surface area contributed by atoms with E-state index in [0.717, 1.165) is 13.0 Å². The van der Waals surface area contributed by atoms with E-state index >= 15 is 0 Å². The van der Waals surface area contributed by atoms with Crippen molar-refractivity contribution in [2.24, 2.45) is 0 Å². The molecule has 4 nitrogen and oxygen atoms in total. The Morgan fingerprint density at radius 1 is 1.37 bits per heavy atom. The number of benzene rings is 1. The molecule has 0 atom stereocenters. The van der Waals surface area contributed by atoms with Crippen molar-refractivity contribution in [2.75, 3.05) is 13.2 Å². The maximum absolute atomic E-state index is 11.6. The third-order valence-electron chi connectivity index (χ3n) is 3.25. The molecule has 0 saturated carbocycles. The van der Waals surface area contributed by atoms with E-state index < -0.39 is 0 Å². The fourth-order valence-electron chi connectivity index (χ4n) is 2.37. The number of carbonyl (C=O) groups excluding carboxylic acids is 1. The average Bonchev–Trinajstić information content (AvgIpc) is 2.80. The van der Waals surface area contributed by atoms with Crippen LogP contribution in [0, 0.1) is 0 Å². The van der Waals surface area contributed by atoms with Crippen molar-refractivity contribution in [1.82, 2.24) is 9.88 Å². The molecule has 1 heterocycles. The Labute approximate surface area is 113 Å². The van der Waals surface area contributed by atoms with Crippen LogP contribution in [0.4, 0.5) is 0 Å². The zero-order chi connectivity index (χ0) is 13.7. The summed E-state index contributed by atoms with van der Waals surface area (Å²) in [4.78, 5) is 11.6. The number of nitrogens with zero attached hydrogens (tertiary/aromatic N) is 1. The number of amides is 1. The number of fused-ring (bicyclic) bond motifs is 1. The monoisotopic (exact) mass is 260 g/mol. The van der Waals surface area contributed by atoms with Crippen LogP contribution in [0.5, 0.6) is 0 Å². The summed E-state index contributed by atoms with van der Waals surface area (Å²) in [5.74, 6) is -0.0121. The first kappa shape index (κ1) is 13.6. The van der Waals surface area contributed by atoms with Gasteiger partial charge < -0.3 is 15.0 Å². The summed E-state index contributed by atoms with van der Waals surface area (Å²) in [7, 11) is 0. The Hall–Kier alpha value is -1.81. The Morgan fingerprint density at radius 2 is 2.16 bits per heavy atom. The van der Waals surface area contributed by atoms with E-state index in [2.05, 4.69) is 35.0 Å². The lowest BCUT2D eigenvalue weighted by Gasteiger charge is -2.08. The molecule has 0 aliphatic heterocycles. The fraction of sp³-hybridized carbons (Fsp3) is 0.400. The summed E-state index contributed by atoms with van der Waals surface area (Å²) in [6.07, 6.45) is 1.18. The zero-order valence-corrected chi connectivity index (χ0v) is 11.2. The summed E-state index contributed by atoms with van der Waals surface area (Å²) in [5, 5.41) is 12.6. The lowest BCUT2D eigenvalue weighted by atomic mass is 10.2. The number of rotatable bonds is 6. The molecule has 1 aromatic heterocycles. The van der Waals surface area contributed by atoms with Crippen LogP contribution in [0.1, 0.15) is 19.0 Å². The molecule has 0 spiro atoms. The van der Waals surface area contributed by atoms with Gasteiger partial charge in [-0.05, 0) is 30.9 Å². The predicted molar refractivity (Wildman–Crippen MR) is 76.0 cm³/mol. The van der Waals surface area contributed by atoms with Gasteiger partial charge in [0.25, 0.3) is 0 Å². The van der Waals surface area contributed by atoms with Gasteiger partial charge in [-0.2, -0.15) is 0 Å². The number of aliphatic hydroxyl groups excluding tert-OH is 1. The summed E-state index contributed by atoms with van der Waals surface area (Å²) < 4.78 is 2.24. The number of hydrogen-bond donors (Lipinski definition) is 2. The van der Waals surface area contributed by atoms with Crippen LogP contribution in [-0.2, 0) is 17.8 Å². The van der Waals surface area contributed by atoms with Crippen LogP contribution in [-0.4, -0.2) is 28.7 Å². The van der Waals surface area contributed by atoms with Gasteiger partial charge in [-0.3, -0.25) is 4.79 Å². The van der Waals surface area contributed by atoms with Crippen LogP contribution in [0.3, 0.4) is 0 Å². The van der Waals surface area contributed by atoms with Gasteiger partial charge in [0.1, 0.15) is 0 Å². The molecule has 0 aliphatic carbocycles. The Balaban J connectivity index is 2.10. The van der Waals surface area contributed by atoms with Crippen LogP contribution in [0.15, 0.2) is 30.3 Å². The second kappa shape index (κ2) is 6.38. The second-order valence-corrected chi connectivity index (χ2v) is 4.51. The lowest BCUT2D eigenvalue weighted by Crippen LogP contribution is -2.26. The molecule has 2 rings (SSSR count). The highest BCUT2D eigenvalue weighted by atomic mass is 16.3. The van der Waals surface area contributed by atoms with E-state index in [4.69, 9.17) is 5.11 Å². The maximum atomic E-state index is 11.6. The molecule has 1 aromatic carbocycles. The third-order valence-corrected chi connectivity index (χ3v) is 3.25. The van der Waals surface area contributed by atoms with Crippen LogP contribution in [0.25, 0.3) is 10.9 Å². The van der Waals surface area contributed by atoms with Crippen LogP contribution in [0.2, 0.25) is 0 Å². The van der Waals surface area contributed by atoms with Gasteiger partial charge in [-0.15, -0.1) is 0 Å². The minimum atomic E-state index is -0.0129. The number of carbonyl (C=O) groups is 1. The van der Waals surface area contributed by atoms with E-state index in [0.29, 0.717) is 13.0 Å². The van der Waals surface area contributed by atoms with Gasteiger partial charge in [0.2, 0.25) is 5.91 Å². The van der Waals surface area contributed by atoms with Gasteiger partial charge in [0.05, 0.1) is 6.61 Å². The van der Waals surface area contributed by atoms with Gasteiger partial charge >= 0.3 is 0 Å². The molecule has 0 unspecified atom stereocenters. The molecule has 2 N–H and O–H groups in total.